The average Bonchev–Trinajstić information content (AvgIpc) is 2.26. The zero-order chi connectivity index (χ0) is 14.6. The van der Waals surface area contributed by atoms with Crippen LogP contribution in [0.4, 0.5) is 5.82 Å². The van der Waals surface area contributed by atoms with Crippen molar-refractivity contribution in [3.8, 4) is 0 Å². The summed E-state index contributed by atoms with van der Waals surface area (Å²) in [5, 5.41) is 12.0. The van der Waals surface area contributed by atoms with Gasteiger partial charge in [-0.3, -0.25) is 4.79 Å². The van der Waals surface area contributed by atoms with Crippen molar-refractivity contribution in [3.63, 3.8) is 0 Å². The molecule has 1 atom stereocenters. The molecular formula is C13H19N3O3. The Morgan fingerprint density at radius 3 is 2.58 bits per heavy atom. The molecule has 0 aliphatic rings. The van der Waals surface area contributed by atoms with Crippen LogP contribution >= 0.6 is 0 Å². The van der Waals surface area contributed by atoms with Crippen LogP contribution in [0.5, 0.6) is 0 Å². The van der Waals surface area contributed by atoms with Crippen molar-refractivity contribution in [1.82, 2.24) is 4.98 Å². The zero-order valence-corrected chi connectivity index (χ0v) is 11.3. The summed E-state index contributed by atoms with van der Waals surface area (Å²) in [6.45, 7) is 5.58. The van der Waals surface area contributed by atoms with Gasteiger partial charge >= 0.3 is 5.97 Å². The van der Waals surface area contributed by atoms with Crippen LogP contribution in [0.3, 0.4) is 0 Å². The van der Waals surface area contributed by atoms with Crippen molar-refractivity contribution < 1.29 is 14.7 Å². The Hall–Kier alpha value is -2.11. The lowest BCUT2D eigenvalue weighted by molar-refractivity contribution is -0.138. The Bertz CT molecular complexity index is 486. The van der Waals surface area contributed by atoms with Crippen LogP contribution in [0, 0.1) is 12.8 Å². The fourth-order valence-electron chi connectivity index (χ4n) is 1.84. The highest BCUT2D eigenvalue weighted by molar-refractivity contribution is 5.99. The predicted octanol–water partition coefficient (Wildman–Crippen LogP) is 1.40. The van der Waals surface area contributed by atoms with Gasteiger partial charge in [-0.05, 0) is 30.9 Å². The first-order chi connectivity index (χ1) is 8.82. The Morgan fingerprint density at radius 2 is 2.11 bits per heavy atom. The van der Waals surface area contributed by atoms with Crippen LogP contribution in [0.15, 0.2) is 12.3 Å². The largest absolute Gasteiger partial charge is 0.480 e. The molecule has 0 fully saturated rings. The van der Waals surface area contributed by atoms with Crippen LogP contribution in [0.2, 0.25) is 0 Å². The SMILES string of the molecule is Cc1ccnc(NC(CC(C)C)C(=O)O)c1C(N)=O. The van der Waals surface area contributed by atoms with E-state index in [2.05, 4.69) is 10.3 Å². The fourth-order valence-corrected chi connectivity index (χ4v) is 1.84. The number of hydrogen-bond donors (Lipinski definition) is 3. The zero-order valence-electron chi connectivity index (χ0n) is 11.3. The highest BCUT2D eigenvalue weighted by Gasteiger charge is 2.22. The minimum Gasteiger partial charge on any atom is -0.480 e. The van der Waals surface area contributed by atoms with E-state index in [1.54, 1.807) is 13.0 Å². The van der Waals surface area contributed by atoms with E-state index >= 15 is 0 Å². The molecule has 0 aliphatic carbocycles. The molecule has 0 radical (unpaired) electrons. The van der Waals surface area contributed by atoms with Crippen molar-refractivity contribution in [3.05, 3.63) is 23.4 Å². The van der Waals surface area contributed by atoms with E-state index in [-0.39, 0.29) is 17.3 Å². The molecule has 1 aromatic rings. The molecule has 1 amide bonds. The van der Waals surface area contributed by atoms with Gasteiger partial charge in [0.05, 0.1) is 5.56 Å². The maximum Gasteiger partial charge on any atom is 0.326 e. The van der Waals surface area contributed by atoms with E-state index in [1.807, 2.05) is 13.8 Å². The third-order valence-corrected chi connectivity index (χ3v) is 2.72. The molecule has 1 rings (SSSR count). The third-order valence-electron chi connectivity index (χ3n) is 2.72. The second kappa shape index (κ2) is 6.17. The van der Waals surface area contributed by atoms with Gasteiger partial charge < -0.3 is 16.2 Å². The molecule has 104 valence electrons. The first-order valence-corrected chi connectivity index (χ1v) is 6.07. The number of aliphatic carboxylic acids is 1. The number of primary amides is 1. The number of nitrogens with zero attached hydrogens (tertiary/aromatic N) is 1. The number of aryl methyl sites for hydroxylation is 1. The summed E-state index contributed by atoms with van der Waals surface area (Å²) >= 11 is 0. The van der Waals surface area contributed by atoms with Gasteiger partial charge in [0.2, 0.25) is 0 Å². The number of carbonyl (C=O) groups is 2. The minimum absolute atomic E-state index is 0.204. The van der Waals surface area contributed by atoms with Crippen molar-refractivity contribution in [1.29, 1.82) is 0 Å². The summed E-state index contributed by atoms with van der Waals surface area (Å²) < 4.78 is 0. The van der Waals surface area contributed by atoms with Gasteiger partial charge in [-0.1, -0.05) is 13.8 Å². The molecule has 6 nitrogen and oxygen atoms in total. The number of nitrogens with one attached hydrogen (secondary N) is 1. The van der Waals surface area contributed by atoms with Gasteiger partial charge in [-0.15, -0.1) is 0 Å². The van der Waals surface area contributed by atoms with E-state index in [1.165, 1.54) is 6.20 Å². The van der Waals surface area contributed by atoms with Crippen molar-refractivity contribution in [2.45, 2.75) is 33.2 Å². The summed E-state index contributed by atoms with van der Waals surface area (Å²) in [6.07, 6.45) is 1.95. The topological polar surface area (TPSA) is 105 Å². The number of amides is 1. The number of carbonyl (C=O) groups excluding carboxylic acids is 1. The van der Waals surface area contributed by atoms with Crippen LogP contribution in [0.25, 0.3) is 0 Å². The van der Waals surface area contributed by atoms with E-state index in [9.17, 15) is 14.7 Å². The molecule has 0 spiro atoms. The van der Waals surface area contributed by atoms with E-state index in [4.69, 9.17) is 5.73 Å². The number of hydrogen-bond acceptors (Lipinski definition) is 4. The first kappa shape index (κ1) is 14.9. The highest BCUT2D eigenvalue weighted by Crippen LogP contribution is 2.18. The van der Waals surface area contributed by atoms with Gasteiger partial charge in [0, 0.05) is 6.20 Å². The number of aromatic nitrogens is 1. The van der Waals surface area contributed by atoms with Gasteiger partial charge in [-0.2, -0.15) is 0 Å². The molecule has 0 aliphatic heterocycles. The number of pyridine rings is 1. The van der Waals surface area contributed by atoms with Crippen molar-refractivity contribution in [2.24, 2.45) is 11.7 Å². The van der Waals surface area contributed by atoms with Crippen LogP contribution < -0.4 is 11.1 Å². The summed E-state index contributed by atoms with van der Waals surface area (Å²) in [7, 11) is 0. The predicted molar refractivity (Wildman–Crippen MR) is 72.0 cm³/mol. The highest BCUT2D eigenvalue weighted by atomic mass is 16.4. The lowest BCUT2D eigenvalue weighted by Gasteiger charge is -2.19. The number of rotatable bonds is 6. The Kier molecular flexibility index (Phi) is 4.86. The summed E-state index contributed by atoms with van der Waals surface area (Å²) in [4.78, 5) is 26.6. The van der Waals surface area contributed by atoms with Gasteiger partial charge in [0.15, 0.2) is 0 Å². The second-order valence-corrected chi connectivity index (χ2v) is 4.88. The third kappa shape index (κ3) is 3.94. The second-order valence-electron chi connectivity index (χ2n) is 4.88. The van der Waals surface area contributed by atoms with Gasteiger partial charge in [0.25, 0.3) is 5.91 Å². The van der Waals surface area contributed by atoms with Gasteiger partial charge in [0.1, 0.15) is 11.9 Å². The molecule has 0 saturated carbocycles. The molecule has 0 saturated heterocycles. The lowest BCUT2D eigenvalue weighted by atomic mass is 10.0. The molecule has 6 heteroatoms. The maximum atomic E-state index is 11.4. The standard InChI is InChI=1S/C13H19N3O3/c1-7(2)6-9(13(18)19)16-12-10(11(14)17)8(3)4-5-15-12/h4-5,7,9H,6H2,1-3H3,(H2,14,17)(H,15,16)(H,18,19). The minimum atomic E-state index is -0.979. The number of carboxylic acid groups (broad SMARTS) is 1. The smallest absolute Gasteiger partial charge is 0.326 e. The van der Waals surface area contributed by atoms with E-state index < -0.39 is 17.9 Å². The molecule has 4 N–H and O–H groups in total. The number of anilines is 1. The number of nitrogens with two attached hydrogens (primary N) is 1. The van der Waals surface area contributed by atoms with Crippen molar-refractivity contribution >= 4 is 17.7 Å². The fraction of sp³-hybridized carbons (Fsp3) is 0.462. The Morgan fingerprint density at radius 1 is 1.47 bits per heavy atom. The normalized spacial score (nSPS) is 12.2. The molecule has 19 heavy (non-hydrogen) atoms. The van der Waals surface area contributed by atoms with E-state index in [0.717, 1.165) is 0 Å². The maximum absolute atomic E-state index is 11.4. The summed E-state index contributed by atoms with van der Waals surface area (Å²) in [5.41, 5.74) is 6.20. The molecule has 0 aromatic carbocycles. The van der Waals surface area contributed by atoms with Gasteiger partial charge in [-0.25, -0.2) is 9.78 Å². The lowest BCUT2D eigenvalue weighted by Crippen LogP contribution is -2.32. The molecule has 1 heterocycles. The quantitative estimate of drug-likeness (QED) is 0.721. The van der Waals surface area contributed by atoms with Crippen molar-refractivity contribution in [2.75, 3.05) is 5.32 Å². The molecule has 1 unspecified atom stereocenters. The average molecular weight is 265 g/mol. The monoisotopic (exact) mass is 265 g/mol. The van der Waals surface area contributed by atoms with Crippen LogP contribution in [-0.2, 0) is 4.79 Å². The van der Waals surface area contributed by atoms with Crippen LogP contribution in [-0.4, -0.2) is 28.0 Å². The first-order valence-electron chi connectivity index (χ1n) is 6.07. The Balaban J connectivity index is 3.06. The summed E-state index contributed by atoms with van der Waals surface area (Å²) in [6, 6.07) is 0.858. The van der Waals surface area contributed by atoms with Crippen LogP contribution in [0.1, 0.15) is 36.2 Å². The molecular weight excluding hydrogens is 246 g/mol. The number of carboxylic acids is 1. The molecule has 1 aromatic heterocycles. The Labute approximate surface area is 112 Å². The van der Waals surface area contributed by atoms with E-state index in [0.29, 0.717) is 12.0 Å². The summed E-state index contributed by atoms with van der Waals surface area (Å²) in [5.74, 6) is -1.18. The molecule has 0 bridgehead atoms.